The van der Waals surface area contributed by atoms with Crippen LogP contribution in [-0.2, 0) is 4.74 Å². The summed E-state index contributed by atoms with van der Waals surface area (Å²) < 4.78 is 11.0. The topological polar surface area (TPSA) is 77.1 Å². The molecule has 0 saturated carbocycles. The molecule has 0 radical (unpaired) electrons. The van der Waals surface area contributed by atoms with E-state index in [1.54, 1.807) is 25.3 Å². The zero-order valence-electron chi connectivity index (χ0n) is 8.81. The van der Waals surface area contributed by atoms with E-state index >= 15 is 0 Å². The Balaban J connectivity index is 2.75. The van der Waals surface area contributed by atoms with Crippen molar-refractivity contribution in [2.45, 2.75) is 0 Å². The van der Waals surface area contributed by atoms with Crippen molar-refractivity contribution in [1.82, 2.24) is 0 Å². The third kappa shape index (κ3) is 3.39. The maximum Gasteiger partial charge on any atom is 0.170 e. The Hall–Kier alpha value is -1.27. The van der Waals surface area contributed by atoms with Gasteiger partial charge in [0, 0.05) is 12.7 Å². The van der Waals surface area contributed by atoms with Crippen LogP contribution < -0.4 is 10.5 Å². The highest BCUT2D eigenvalue weighted by molar-refractivity contribution is 9.10. The Morgan fingerprint density at radius 3 is 2.81 bits per heavy atom. The second-order valence-electron chi connectivity index (χ2n) is 2.97. The molecule has 0 bridgehead atoms. The highest BCUT2D eigenvalue weighted by Crippen LogP contribution is 2.25. The van der Waals surface area contributed by atoms with Crippen LogP contribution in [0.2, 0.25) is 0 Å². The third-order valence-electron chi connectivity index (χ3n) is 1.88. The first-order chi connectivity index (χ1) is 7.69. The summed E-state index contributed by atoms with van der Waals surface area (Å²) in [6.07, 6.45) is 0. The van der Waals surface area contributed by atoms with Crippen molar-refractivity contribution < 1.29 is 14.7 Å². The van der Waals surface area contributed by atoms with Crippen LogP contribution in [0.25, 0.3) is 0 Å². The molecule has 0 saturated heterocycles. The monoisotopic (exact) mass is 288 g/mol. The molecule has 1 rings (SSSR count). The van der Waals surface area contributed by atoms with E-state index in [1.165, 1.54) is 0 Å². The molecule has 88 valence electrons. The lowest BCUT2D eigenvalue weighted by molar-refractivity contribution is 0.146. The Kier molecular flexibility index (Phi) is 5.07. The molecule has 0 aliphatic heterocycles. The molecule has 0 fully saturated rings. The first-order valence-electron chi connectivity index (χ1n) is 4.58. The Morgan fingerprint density at radius 1 is 1.50 bits per heavy atom. The number of oxime groups is 1. The lowest BCUT2D eigenvalue weighted by atomic mass is 10.2. The first-order valence-corrected chi connectivity index (χ1v) is 5.37. The van der Waals surface area contributed by atoms with Gasteiger partial charge in [0.1, 0.15) is 12.4 Å². The lowest BCUT2D eigenvalue weighted by Crippen LogP contribution is -2.13. The molecule has 16 heavy (non-hydrogen) atoms. The second-order valence-corrected chi connectivity index (χ2v) is 3.83. The van der Waals surface area contributed by atoms with Gasteiger partial charge in [-0.3, -0.25) is 0 Å². The van der Waals surface area contributed by atoms with Crippen LogP contribution in [-0.4, -0.2) is 31.4 Å². The van der Waals surface area contributed by atoms with Crippen LogP contribution >= 0.6 is 15.9 Å². The van der Waals surface area contributed by atoms with Gasteiger partial charge in [0.05, 0.1) is 11.1 Å². The number of methoxy groups -OCH3 is 1. The quantitative estimate of drug-likeness (QED) is 0.283. The Morgan fingerprint density at radius 2 is 2.25 bits per heavy atom. The molecule has 0 amide bonds. The van der Waals surface area contributed by atoms with Gasteiger partial charge in [-0.25, -0.2) is 0 Å². The van der Waals surface area contributed by atoms with E-state index in [2.05, 4.69) is 21.1 Å². The van der Waals surface area contributed by atoms with Crippen molar-refractivity contribution in [3.05, 3.63) is 28.2 Å². The molecule has 1 aromatic carbocycles. The molecule has 0 atom stereocenters. The number of nitrogens with two attached hydrogens (primary N) is 1. The number of ether oxygens (including phenoxy) is 2. The van der Waals surface area contributed by atoms with E-state index in [4.69, 9.17) is 20.4 Å². The predicted octanol–water partition coefficient (Wildman–Crippen LogP) is 1.57. The number of benzene rings is 1. The summed E-state index contributed by atoms with van der Waals surface area (Å²) in [6, 6.07) is 5.17. The van der Waals surface area contributed by atoms with E-state index in [-0.39, 0.29) is 5.84 Å². The average molecular weight is 289 g/mol. The van der Waals surface area contributed by atoms with E-state index in [1.807, 2.05) is 0 Å². The molecule has 0 heterocycles. The van der Waals surface area contributed by atoms with Crippen molar-refractivity contribution in [3.8, 4) is 5.75 Å². The number of rotatable bonds is 5. The minimum absolute atomic E-state index is 0.0594. The van der Waals surface area contributed by atoms with Gasteiger partial charge >= 0.3 is 0 Å². The van der Waals surface area contributed by atoms with Crippen LogP contribution in [0.15, 0.2) is 27.8 Å². The van der Waals surface area contributed by atoms with E-state index < -0.39 is 0 Å². The van der Waals surface area contributed by atoms with Crippen LogP contribution in [0.4, 0.5) is 0 Å². The first kappa shape index (κ1) is 12.8. The van der Waals surface area contributed by atoms with E-state index in [0.717, 1.165) is 4.47 Å². The van der Waals surface area contributed by atoms with Gasteiger partial charge in [0.25, 0.3) is 0 Å². The Labute approximate surface area is 102 Å². The normalized spacial score (nSPS) is 11.5. The van der Waals surface area contributed by atoms with E-state index in [0.29, 0.717) is 24.5 Å². The van der Waals surface area contributed by atoms with Gasteiger partial charge in [0.15, 0.2) is 5.84 Å². The number of amidine groups is 1. The van der Waals surface area contributed by atoms with Crippen molar-refractivity contribution in [1.29, 1.82) is 0 Å². The summed E-state index contributed by atoms with van der Waals surface area (Å²) in [4.78, 5) is 0. The van der Waals surface area contributed by atoms with Crippen molar-refractivity contribution in [2.75, 3.05) is 20.3 Å². The predicted molar refractivity (Wildman–Crippen MR) is 64.0 cm³/mol. The highest BCUT2D eigenvalue weighted by atomic mass is 79.9. The summed E-state index contributed by atoms with van der Waals surface area (Å²) in [5.74, 6) is 0.746. The molecule has 0 unspecified atom stereocenters. The van der Waals surface area contributed by atoms with Gasteiger partial charge in [-0.2, -0.15) is 0 Å². The van der Waals surface area contributed by atoms with Crippen LogP contribution in [0.3, 0.4) is 0 Å². The minimum Gasteiger partial charge on any atom is -0.490 e. The molecule has 0 aliphatic rings. The highest BCUT2D eigenvalue weighted by Gasteiger charge is 2.05. The lowest BCUT2D eigenvalue weighted by Gasteiger charge is -2.08. The molecular formula is C10H13BrN2O3. The molecular weight excluding hydrogens is 276 g/mol. The molecule has 5 nitrogen and oxygen atoms in total. The zero-order chi connectivity index (χ0) is 12.0. The van der Waals surface area contributed by atoms with Crippen LogP contribution in [0.5, 0.6) is 5.75 Å². The van der Waals surface area contributed by atoms with Crippen LogP contribution in [0, 0.1) is 0 Å². The maximum absolute atomic E-state index is 8.52. The average Bonchev–Trinajstić information content (AvgIpc) is 2.30. The fourth-order valence-corrected chi connectivity index (χ4v) is 1.56. The second kappa shape index (κ2) is 6.34. The van der Waals surface area contributed by atoms with E-state index in [9.17, 15) is 0 Å². The van der Waals surface area contributed by atoms with Gasteiger partial charge in [-0.15, -0.1) is 0 Å². The molecule has 0 aliphatic carbocycles. The number of halogens is 1. The van der Waals surface area contributed by atoms with Gasteiger partial charge < -0.3 is 20.4 Å². The fourth-order valence-electron chi connectivity index (χ4n) is 1.07. The molecule has 1 aromatic rings. The summed E-state index contributed by atoms with van der Waals surface area (Å²) in [6.45, 7) is 0.993. The smallest absolute Gasteiger partial charge is 0.170 e. The Bertz CT molecular complexity index is 382. The SMILES string of the molecule is COCCOc1ccc(/C(N)=N/O)cc1Br. The van der Waals surface area contributed by atoms with Gasteiger partial charge in [-0.1, -0.05) is 5.16 Å². The molecule has 0 spiro atoms. The summed E-state index contributed by atoms with van der Waals surface area (Å²) in [5, 5.41) is 11.4. The molecule has 6 heteroatoms. The maximum atomic E-state index is 8.52. The minimum atomic E-state index is 0.0594. The van der Waals surface area contributed by atoms with Crippen LogP contribution in [0.1, 0.15) is 5.56 Å². The number of hydrogen-bond acceptors (Lipinski definition) is 4. The summed E-state index contributed by atoms with van der Waals surface area (Å²) >= 11 is 3.34. The largest absolute Gasteiger partial charge is 0.490 e. The van der Waals surface area contributed by atoms with Gasteiger partial charge in [-0.05, 0) is 34.1 Å². The number of nitrogens with zero attached hydrogens (tertiary/aromatic N) is 1. The molecule has 0 aromatic heterocycles. The molecule has 3 N–H and O–H groups in total. The fraction of sp³-hybridized carbons (Fsp3) is 0.300. The van der Waals surface area contributed by atoms with Crippen molar-refractivity contribution in [3.63, 3.8) is 0 Å². The third-order valence-corrected chi connectivity index (χ3v) is 2.50. The van der Waals surface area contributed by atoms with Gasteiger partial charge in [0.2, 0.25) is 0 Å². The summed E-state index contributed by atoms with van der Waals surface area (Å²) in [7, 11) is 1.61. The van der Waals surface area contributed by atoms with Crippen molar-refractivity contribution in [2.24, 2.45) is 10.9 Å². The van der Waals surface area contributed by atoms with Crippen molar-refractivity contribution >= 4 is 21.8 Å². The summed E-state index contributed by atoms with van der Waals surface area (Å²) in [5.41, 5.74) is 6.07. The zero-order valence-corrected chi connectivity index (χ0v) is 10.4. The number of hydrogen-bond donors (Lipinski definition) is 2. The standard InChI is InChI=1S/C10H13BrN2O3/c1-15-4-5-16-9-3-2-7(6-8(9)11)10(12)13-14/h2-3,6,14H,4-5H2,1H3,(H2,12,13).